The molecule has 19 heavy (non-hydrogen) atoms. The topological polar surface area (TPSA) is 49.2 Å². The van der Waals surface area contributed by atoms with Crippen LogP contribution in [0.3, 0.4) is 0 Å². The van der Waals surface area contributed by atoms with Crippen LogP contribution >= 0.6 is 0 Å². The summed E-state index contributed by atoms with van der Waals surface area (Å²) in [6, 6.07) is 8.39. The highest BCUT2D eigenvalue weighted by molar-refractivity contribution is 5.22. The Hall–Kier alpha value is -1.72. The lowest BCUT2D eigenvalue weighted by molar-refractivity contribution is -0.0948. The van der Waals surface area contributed by atoms with Gasteiger partial charge in [-0.1, -0.05) is 29.8 Å². The minimum absolute atomic E-state index is 0.110. The van der Waals surface area contributed by atoms with Crippen molar-refractivity contribution in [3.05, 3.63) is 47.5 Å². The molecule has 0 radical (unpaired) electrons. The van der Waals surface area contributed by atoms with Crippen molar-refractivity contribution in [2.75, 3.05) is 19.8 Å². The van der Waals surface area contributed by atoms with Crippen molar-refractivity contribution in [3.63, 3.8) is 0 Å². The second-order valence-electron chi connectivity index (χ2n) is 4.70. The Balaban J connectivity index is 1.80. The van der Waals surface area contributed by atoms with Crippen molar-refractivity contribution in [2.24, 2.45) is 0 Å². The average Bonchev–Trinajstić information content (AvgIpc) is 2.88. The molecule has 100 valence electrons. The van der Waals surface area contributed by atoms with E-state index in [1.807, 2.05) is 4.68 Å². The third kappa shape index (κ3) is 2.83. The van der Waals surface area contributed by atoms with E-state index in [0.717, 1.165) is 5.82 Å². The molecule has 0 spiro atoms. The third-order valence-corrected chi connectivity index (χ3v) is 3.16. The standard InChI is InChI=1S/C14H17N3O2/c1-11-3-2-4-12(7-11)8-17-14(15-10-16-17)13-9-18-5-6-19-13/h2-4,7,10,13H,5-6,8-9H2,1H3/t13-/m1/s1. The number of hydrogen-bond acceptors (Lipinski definition) is 4. The number of aryl methyl sites for hydroxylation is 1. The number of ether oxygens (including phenoxy) is 2. The summed E-state index contributed by atoms with van der Waals surface area (Å²) in [6.45, 7) is 4.61. The van der Waals surface area contributed by atoms with Gasteiger partial charge in [-0.25, -0.2) is 9.67 Å². The van der Waals surface area contributed by atoms with E-state index in [0.29, 0.717) is 26.4 Å². The van der Waals surface area contributed by atoms with Gasteiger partial charge in [0.15, 0.2) is 5.82 Å². The minimum Gasteiger partial charge on any atom is -0.376 e. The first-order valence-corrected chi connectivity index (χ1v) is 6.45. The van der Waals surface area contributed by atoms with Crippen LogP contribution in [-0.4, -0.2) is 34.6 Å². The molecular formula is C14H17N3O2. The second kappa shape index (κ2) is 5.50. The molecule has 0 N–H and O–H groups in total. The van der Waals surface area contributed by atoms with Crippen LogP contribution in [0.25, 0.3) is 0 Å². The molecular weight excluding hydrogens is 242 g/mol. The SMILES string of the molecule is Cc1cccc(Cn2ncnc2[C@H]2COCCO2)c1. The van der Waals surface area contributed by atoms with Crippen molar-refractivity contribution in [1.82, 2.24) is 14.8 Å². The summed E-state index contributed by atoms with van der Waals surface area (Å²) in [6.07, 6.45) is 1.46. The number of hydrogen-bond donors (Lipinski definition) is 0. The number of nitrogens with zero attached hydrogens (tertiary/aromatic N) is 3. The van der Waals surface area contributed by atoms with E-state index in [2.05, 4.69) is 41.3 Å². The first-order valence-electron chi connectivity index (χ1n) is 6.45. The fourth-order valence-corrected chi connectivity index (χ4v) is 2.26. The van der Waals surface area contributed by atoms with Gasteiger partial charge in [0.1, 0.15) is 12.4 Å². The fraction of sp³-hybridized carbons (Fsp3) is 0.429. The van der Waals surface area contributed by atoms with Crippen LogP contribution in [0.15, 0.2) is 30.6 Å². The molecule has 1 saturated heterocycles. The van der Waals surface area contributed by atoms with Gasteiger partial charge in [-0.05, 0) is 12.5 Å². The molecule has 3 rings (SSSR count). The first-order chi connectivity index (χ1) is 9.33. The van der Waals surface area contributed by atoms with Crippen LogP contribution in [0.5, 0.6) is 0 Å². The lowest BCUT2D eigenvalue weighted by Crippen LogP contribution is -2.25. The van der Waals surface area contributed by atoms with E-state index in [1.54, 1.807) is 6.33 Å². The predicted molar refractivity (Wildman–Crippen MR) is 69.8 cm³/mol. The van der Waals surface area contributed by atoms with Crippen molar-refractivity contribution >= 4 is 0 Å². The monoisotopic (exact) mass is 259 g/mol. The largest absolute Gasteiger partial charge is 0.376 e. The maximum Gasteiger partial charge on any atom is 0.158 e. The van der Waals surface area contributed by atoms with Crippen molar-refractivity contribution in [2.45, 2.75) is 19.6 Å². The smallest absolute Gasteiger partial charge is 0.158 e. The van der Waals surface area contributed by atoms with Crippen LogP contribution in [0, 0.1) is 6.92 Å². The molecule has 5 nitrogen and oxygen atoms in total. The quantitative estimate of drug-likeness (QED) is 0.842. The molecule has 0 saturated carbocycles. The lowest BCUT2D eigenvalue weighted by Gasteiger charge is -2.22. The normalized spacial score (nSPS) is 19.5. The molecule has 1 fully saturated rings. The Bertz CT molecular complexity index is 547. The summed E-state index contributed by atoms with van der Waals surface area (Å²) >= 11 is 0. The highest BCUT2D eigenvalue weighted by Crippen LogP contribution is 2.19. The second-order valence-corrected chi connectivity index (χ2v) is 4.70. The zero-order valence-corrected chi connectivity index (χ0v) is 11.0. The Morgan fingerprint density at radius 1 is 1.37 bits per heavy atom. The lowest BCUT2D eigenvalue weighted by atomic mass is 10.1. The van der Waals surface area contributed by atoms with Gasteiger partial charge in [0, 0.05) is 0 Å². The Labute approximate surface area is 112 Å². The molecule has 2 aromatic rings. The van der Waals surface area contributed by atoms with E-state index >= 15 is 0 Å². The zero-order valence-electron chi connectivity index (χ0n) is 11.0. The minimum atomic E-state index is -0.110. The maximum atomic E-state index is 5.68. The molecule has 2 heterocycles. The van der Waals surface area contributed by atoms with Gasteiger partial charge in [-0.2, -0.15) is 5.10 Å². The summed E-state index contributed by atoms with van der Waals surface area (Å²) in [5, 5.41) is 4.29. The predicted octanol–water partition coefficient (Wildman–Crippen LogP) is 1.72. The van der Waals surface area contributed by atoms with Crippen molar-refractivity contribution in [3.8, 4) is 0 Å². The average molecular weight is 259 g/mol. The van der Waals surface area contributed by atoms with E-state index in [4.69, 9.17) is 9.47 Å². The van der Waals surface area contributed by atoms with Crippen LogP contribution in [0.4, 0.5) is 0 Å². The summed E-state index contributed by atoms with van der Waals surface area (Å²) in [7, 11) is 0. The summed E-state index contributed by atoms with van der Waals surface area (Å²) < 4.78 is 13.0. The highest BCUT2D eigenvalue weighted by atomic mass is 16.6. The van der Waals surface area contributed by atoms with Crippen LogP contribution in [-0.2, 0) is 16.0 Å². The molecule has 0 unspecified atom stereocenters. The summed E-state index contributed by atoms with van der Waals surface area (Å²) in [5.74, 6) is 0.834. The van der Waals surface area contributed by atoms with Gasteiger partial charge < -0.3 is 9.47 Å². The number of benzene rings is 1. The third-order valence-electron chi connectivity index (χ3n) is 3.16. The molecule has 0 bridgehead atoms. The Morgan fingerprint density at radius 3 is 3.11 bits per heavy atom. The summed E-state index contributed by atoms with van der Waals surface area (Å²) in [5.41, 5.74) is 2.46. The summed E-state index contributed by atoms with van der Waals surface area (Å²) in [4.78, 5) is 4.31. The first kappa shape index (κ1) is 12.3. The van der Waals surface area contributed by atoms with Crippen LogP contribution in [0.2, 0.25) is 0 Å². The molecule has 1 aliphatic heterocycles. The Morgan fingerprint density at radius 2 is 2.32 bits per heavy atom. The van der Waals surface area contributed by atoms with E-state index in [1.165, 1.54) is 11.1 Å². The van der Waals surface area contributed by atoms with Crippen LogP contribution < -0.4 is 0 Å². The van der Waals surface area contributed by atoms with E-state index in [-0.39, 0.29) is 6.10 Å². The molecule has 1 aromatic carbocycles. The van der Waals surface area contributed by atoms with Gasteiger partial charge in [0.2, 0.25) is 0 Å². The van der Waals surface area contributed by atoms with Gasteiger partial charge in [-0.15, -0.1) is 0 Å². The molecule has 1 atom stereocenters. The molecule has 0 aliphatic carbocycles. The van der Waals surface area contributed by atoms with Gasteiger partial charge in [0.05, 0.1) is 26.4 Å². The highest BCUT2D eigenvalue weighted by Gasteiger charge is 2.22. The Kier molecular flexibility index (Phi) is 3.57. The van der Waals surface area contributed by atoms with Crippen molar-refractivity contribution < 1.29 is 9.47 Å². The van der Waals surface area contributed by atoms with Crippen LogP contribution in [0.1, 0.15) is 23.1 Å². The molecule has 0 amide bonds. The van der Waals surface area contributed by atoms with Gasteiger partial charge in [0.25, 0.3) is 0 Å². The van der Waals surface area contributed by atoms with E-state index in [9.17, 15) is 0 Å². The molecule has 1 aliphatic rings. The zero-order chi connectivity index (χ0) is 13.1. The van der Waals surface area contributed by atoms with Gasteiger partial charge in [-0.3, -0.25) is 0 Å². The molecule has 1 aromatic heterocycles. The van der Waals surface area contributed by atoms with Gasteiger partial charge >= 0.3 is 0 Å². The van der Waals surface area contributed by atoms with E-state index < -0.39 is 0 Å². The molecule has 5 heteroatoms. The van der Waals surface area contributed by atoms with Crippen molar-refractivity contribution in [1.29, 1.82) is 0 Å². The number of aromatic nitrogens is 3. The maximum absolute atomic E-state index is 5.68. The fourth-order valence-electron chi connectivity index (χ4n) is 2.26. The number of rotatable bonds is 3.